The van der Waals surface area contributed by atoms with Gasteiger partial charge in [-0.05, 0) is 56.5 Å². The Morgan fingerprint density at radius 1 is 1.29 bits per heavy atom. The van der Waals surface area contributed by atoms with Crippen molar-refractivity contribution in [3.8, 4) is 5.75 Å². The number of amides is 1. The highest BCUT2D eigenvalue weighted by atomic mass is 16.5. The van der Waals surface area contributed by atoms with Crippen molar-refractivity contribution in [2.24, 2.45) is 7.05 Å². The number of aliphatic hydroxyl groups excluding tert-OH is 1. The van der Waals surface area contributed by atoms with E-state index in [9.17, 15) is 9.90 Å². The third-order valence-electron chi connectivity index (χ3n) is 4.41. The highest BCUT2D eigenvalue weighted by Gasteiger charge is 2.24. The van der Waals surface area contributed by atoms with Gasteiger partial charge in [0, 0.05) is 18.4 Å². The highest BCUT2D eigenvalue weighted by Crippen LogP contribution is 2.25. The largest absolute Gasteiger partial charge is 0.488 e. The molecule has 1 aromatic carbocycles. The fourth-order valence-electron chi connectivity index (χ4n) is 2.87. The van der Waals surface area contributed by atoms with Gasteiger partial charge < -0.3 is 15.2 Å². The Balaban J connectivity index is 1.60. The van der Waals surface area contributed by atoms with Crippen LogP contribution in [-0.4, -0.2) is 33.0 Å². The summed E-state index contributed by atoms with van der Waals surface area (Å²) in [6, 6.07) is 8.94. The van der Waals surface area contributed by atoms with Crippen LogP contribution in [0.3, 0.4) is 0 Å². The molecule has 128 valence electrons. The topological polar surface area (TPSA) is 76.4 Å². The third kappa shape index (κ3) is 3.76. The summed E-state index contributed by atoms with van der Waals surface area (Å²) < 4.78 is 7.52. The van der Waals surface area contributed by atoms with E-state index < -0.39 is 6.10 Å². The second-order valence-electron chi connectivity index (χ2n) is 6.28. The van der Waals surface area contributed by atoms with Crippen molar-refractivity contribution in [1.82, 2.24) is 9.78 Å². The molecule has 0 saturated heterocycles. The van der Waals surface area contributed by atoms with Crippen molar-refractivity contribution in [2.75, 3.05) is 5.32 Å². The molecule has 1 saturated carbocycles. The molecule has 2 aromatic rings. The lowest BCUT2D eigenvalue weighted by Gasteiger charge is -2.28. The average molecular weight is 329 g/mol. The second-order valence-corrected chi connectivity index (χ2v) is 6.28. The van der Waals surface area contributed by atoms with Crippen molar-refractivity contribution >= 4 is 11.6 Å². The molecule has 3 rings (SSSR count). The lowest BCUT2D eigenvalue weighted by molar-refractivity contribution is 0.00688. The summed E-state index contributed by atoms with van der Waals surface area (Å²) in [4.78, 5) is 12.2. The van der Waals surface area contributed by atoms with Crippen LogP contribution >= 0.6 is 0 Å². The zero-order valence-corrected chi connectivity index (χ0v) is 14.0. The van der Waals surface area contributed by atoms with Gasteiger partial charge in [0.15, 0.2) is 5.69 Å². The summed E-state index contributed by atoms with van der Waals surface area (Å²) in [5.74, 6) is 0.461. The van der Waals surface area contributed by atoms with Gasteiger partial charge in [0.2, 0.25) is 0 Å². The number of anilines is 1. The highest BCUT2D eigenvalue weighted by molar-refractivity contribution is 6.02. The molecule has 1 heterocycles. The van der Waals surface area contributed by atoms with Gasteiger partial charge in [-0.3, -0.25) is 9.48 Å². The van der Waals surface area contributed by atoms with Crippen molar-refractivity contribution in [2.45, 2.75) is 44.8 Å². The third-order valence-corrected chi connectivity index (χ3v) is 4.41. The number of hydrogen-bond donors (Lipinski definition) is 2. The van der Waals surface area contributed by atoms with E-state index in [4.69, 9.17) is 4.74 Å². The van der Waals surface area contributed by atoms with Crippen LogP contribution in [0, 0.1) is 6.92 Å². The minimum Gasteiger partial charge on any atom is -0.488 e. The van der Waals surface area contributed by atoms with E-state index in [0.717, 1.165) is 31.4 Å². The first kappa shape index (κ1) is 16.5. The molecule has 0 bridgehead atoms. The maximum atomic E-state index is 12.2. The minimum absolute atomic E-state index is 0.143. The smallest absolute Gasteiger partial charge is 0.276 e. The minimum atomic E-state index is -0.398. The second kappa shape index (κ2) is 7.05. The Bertz CT molecular complexity index is 689. The average Bonchev–Trinajstić information content (AvgIpc) is 2.91. The van der Waals surface area contributed by atoms with Crippen LogP contribution in [0.1, 0.15) is 41.9 Å². The van der Waals surface area contributed by atoms with Crippen LogP contribution in [0.25, 0.3) is 0 Å². The van der Waals surface area contributed by atoms with Crippen LogP contribution < -0.4 is 10.1 Å². The number of ether oxygens (including phenoxy) is 1. The number of aromatic nitrogens is 2. The molecule has 2 N–H and O–H groups in total. The molecule has 1 fully saturated rings. The van der Waals surface area contributed by atoms with Gasteiger partial charge in [0.25, 0.3) is 5.91 Å². The van der Waals surface area contributed by atoms with E-state index in [2.05, 4.69) is 10.4 Å². The lowest BCUT2D eigenvalue weighted by Crippen LogP contribution is -2.34. The molecule has 0 aliphatic heterocycles. The fourth-order valence-corrected chi connectivity index (χ4v) is 2.87. The van der Waals surface area contributed by atoms with E-state index in [1.807, 2.05) is 6.92 Å². The number of nitrogens with one attached hydrogen (secondary N) is 1. The Hall–Kier alpha value is -2.34. The fraction of sp³-hybridized carbons (Fsp3) is 0.444. The number of aryl methyl sites for hydroxylation is 2. The first-order chi connectivity index (χ1) is 11.5. The molecule has 2 atom stereocenters. The van der Waals surface area contributed by atoms with Gasteiger partial charge in [-0.15, -0.1) is 0 Å². The monoisotopic (exact) mass is 329 g/mol. The molecule has 2 unspecified atom stereocenters. The Kier molecular flexibility index (Phi) is 4.85. The summed E-state index contributed by atoms with van der Waals surface area (Å²) in [6.07, 6.45) is 3.26. The van der Waals surface area contributed by atoms with Crippen molar-refractivity contribution < 1.29 is 14.6 Å². The van der Waals surface area contributed by atoms with Crippen LogP contribution in [0.15, 0.2) is 30.3 Å². The number of hydrogen-bond acceptors (Lipinski definition) is 4. The Labute approximate surface area is 141 Å². The zero-order valence-electron chi connectivity index (χ0n) is 14.0. The molecule has 1 amide bonds. The van der Waals surface area contributed by atoms with Crippen molar-refractivity contribution in [3.63, 3.8) is 0 Å². The van der Waals surface area contributed by atoms with Crippen LogP contribution in [0.2, 0.25) is 0 Å². The maximum absolute atomic E-state index is 12.2. The molecular weight excluding hydrogens is 306 g/mol. The summed E-state index contributed by atoms with van der Waals surface area (Å²) in [7, 11) is 1.80. The van der Waals surface area contributed by atoms with Crippen LogP contribution in [0.5, 0.6) is 5.75 Å². The molecule has 1 aromatic heterocycles. The van der Waals surface area contributed by atoms with Crippen molar-refractivity contribution in [1.29, 1.82) is 0 Å². The van der Waals surface area contributed by atoms with Gasteiger partial charge >= 0.3 is 0 Å². The van der Waals surface area contributed by atoms with Crippen molar-refractivity contribution in [3.05, 3.63) is 41.7 Å². The predicted molar refractivity (Wildman–Crippen MR) is 91.2 cm³/mol. The van der Waals surface area contributed by atoms with Crippen LogP contribution in [-0.2, 0) is 7.05 Å². The summed E-state index contributed by atoms with van der Waals surface area (Å²) in [5, 5.41) is 16.9. The van der Waals surface area contributed by atoms with E-state index >= 15 is 0 Å². The lowest BCUT2D eigenvalue weighted by atomic mass is 9.95. The van der Waals surface area contributed by atoms with Gasteiger partial charge in [0.05, 0.1) is 6.10 Å². The Morgan fingerprint density at radius 2 is 2.00 bits per heavy atom. The summed E-state index contributed by atoms with van der Waals surface area (Å²) >= 11 is 0. The zero-order chi connectivity index (χ0) is 17.1. The van der Waals surface area contributed by atoms with E-state index in [1.165, 1.54) is 0 Å². The number of rotatable bonds is 4. The standard InChI is InChI=1S/C18H23N3O3/c1-12-11-15(20-21(12)2)18(23)19-13-7-9-14(10-8-13)24-17-6-4-3-5-16(17)22/h7-11,16-17,22H,3-6H2,1-2H3,(H,19,23). The Morgan fingerprint density at radius 3 is 2.62 bits per heavy atom. The van der Waals surface area contributed by atoms with E-state index in [1.54, 1.807) is 42.1 Å². The molecule has 1 aliphatic rings. The normalized spacial score (nSPS) is 20.6. The maximum Gasteiger partial charge on any atom is 0.276 e. The number of benzene rings is 1. The first-order valence-corrected chi connectivity index (χ1v) is 8.30. The number of carbonyl (C=O) groups excluding carboxylic acids is 1. The summed E-state index contributed by atoms with van der Waals surface area (Å²) in [5.41, 5.74) is 2.00. The molecular formula is C18H23N3O3. The molecule has 6 heteroatoms. The molecule has 1 aliphatic carbocycles. The van der Waals surface area contributed by atoms with Gasteiger partial charge in [-0.2, -0.15) is 5.10 Å². The molecule has 24 heavy (non-hydrogen) atoms. The van der Waals surface area contributed by atoms with Gasteiger partial charge in [-0.25, -0.2) is 0 Å². The summed E-state index contributed by atoms with van der Waals surface area (Å²) in [6.45, 7) is 1.90. The molecule has 0 spiro atoms. The SMILES string of the molecule is Cc1cc(C(=O)Nc2ccc(OC3CCCCC3O)cc2)nn1C. The number of carbonyl (C=O) groups is 1. The first-order valence-electron chi connectivity index (χ1n) is 8.30. The quantitative estimate of drug-likeness (QED) is 0.904. The van der Waals surface area contributed by atoms with Gasteiger partial charge in [-0.1, -0.05) is 6.42 Å². The number of nitrogens with zero attached hydrogens (tertiary/aromatic N) is 2. The molecule has 0 radical (unpaired) electrons. The van der Waals surface area contributed by atoms with Crippen LogP contribution in [0.4, 0.5) is 5.69 Å². The number of aliphatic hydroxyl groups is 1. The van der Waals surface area contributed by atoms with E-state index in [0.29, 0.717) is 17.1 Å². The predicted octanol–water partition coefficient (Wildman–Crippen LogP) is 2.66. The molecule has 6 nitrogen and oxygen atoms in total. The van der Waals surface area contributed by atoms with E-state index in [-0.39, 0.29) is 12.0 Å². The van der Waals surface area contributed by atoms with Gasteiger partial charge in [0.1, 0.15) is 11.9 Å².